The second-order valence-electron chi connectivity index (χ2n) is 5.25. The number of carbonyl (C=O) groups excluding carboxylic acids is 1. The third kappa shape index (κ3) is 2.94. The Morgan fingerprint density at radius 2 is 2.30 bits per heavy atom. The van der Waals surface area contributed by atoms with Crippen LogP contribution in [0.3, 0.4) is 0 Å². The zero-order valence-electron chi connectivity index (χ0n) is 11.5. The first-order chi connectivity index (χ1) is 9.74. The number of carbonyl (C=O) groups is 1. The van der Waals surface area contributed by atoms with Crippen molar-refractivity contribution in [3.8, 4) is 0 Å². The fourth-order valence-electron chi connectivity index (χ4n) is 2.50. The molecular formula is C15H18N2OS2. The minimum Gasteiger partial charge on any atom is -0.351 e. The van der Waals surface area contributed by atoms with E-state index in [0.29, 0.717) is 6.54 Å². The molecule has 0 unspecified atom stereocenters. The Morgan fingerprint density at radius 3 is 3.05 bits per heavy atom. The first-order valence-corrected chi connectivity index (χ1v) is 8.73. The molecule has 0 bridgehead atoms. The predicted octanol–water partition coefficient (Wildman–Crippen LogP) is 3.62. The third-order valence-electron chi connectivity index (χ3n) is 3.66. The Hall–Kier alpha value is -1.20. The summed E-state index contributed by atoms with van der Waals surface area (Å²) in [5.41, 5.74) is 1.39. The van der Waals surface area contributed by atoms with E-state index in [0.717, 1.165) is 22.7 Å². The van der Waals surface area contributed by atoms with Crippen molar-refractivity contribution < 1.29 is 4.79 Å². The van der Waals surface area contributed by atoms with Crippen molar-refractivity contribution in [2.24, 2.45) is 0 Å². The average Bonchev–Trinajstić information content (AvgIpc) is 3.12. The summed E-state index contributed by atoms with van der Waals surface area (Å²) in [6, 6.07) is 2.09. The average molecular weight is 306 g/mol. The zero-order chi connectivity index (χ0) is 13.9. The summed E-state index contributed by atoms with van der Waals surface area (Å²) in [6.45, 7) is 2.74. The van der Waals surface area contributed by atoms with Crippen LogP contribution in [-0.2, 0) is 12.8 Å². The van der Waals surface area contributed by atoms with E-state index in [2.05, 4.69) is 23.3 Å². The van der Waals surface area contributed by atoms with Gasteiger partial charge in [0.1, 0.15) is 0 Å². The van der Waals surface area contributed by atoms with E-state index in [9.17, 15) is 4.79 Å². The molecule has 1 N–H and O–H groups in total. The molecule has 0 saturated carbocycles. The number of aryl methyl sites for hydroxylation is 2. The highest BCUT2D eigenvalue weighted by Gasteiger charge is 2.18. The number of thiazole rings is 1. The Labute approximate surface area is 127 Å². The summed E-state index contributed by atoms with van der Waals surface area (Å²) in [5.74, 6) is 0.335. The predicted molar refractivity (Wildman–Crippen MR) is 83.8 cm³/mol. The topological polar surface area (TPSA) is 42.0 Å². The molecule has 2 heterocycles. The zero-order valence-corrected chi connectivity index (χ0v) is 13.1. The lowest BCUT2D eigenvalue weighted by atomic mass is 9.99. The molecule has 0 spiro atoms. The van der Waals surface area contributed by atoms with Crippen molar-refractivity contribution in [2.45, 2.75) is 38.5 Å². The number of nitrogens with zero attached hydrogens (tertiary/aromatic N) is 1. The fourth-order valence-corrected chi connectivity index (χ4v) is 4.37. The molecule has 20 heavy (non-hydrogen) atoms. The molecule has 0 radical (unpaired) electrons. The normalized spacial score (nSPS) is 15.7. The van der Waals surface area contributed by atoms with Gasteiger partial charge in [-0.25, -0.2) is 4.98 Å². The summed E-state index contributed by atoms with van der Waals surface area (Å²) >= 11 is 3.31. The molecule has 1 aliphatic rings. The van der Waals surface area contributed by atoms with E-state index < -0.39 is 0 Å². The molecule has 0 aromatic carbocycles. The maximum Gasteiger partial charge on any atom is 0.261 e. The van der Waals surface area contributed by atoms with E-state index in [1.54, 1.807) is 22.7 Å². The number of nitrogens with one attached hydrogen (secondary N) is 1. The number of amides is 1. The maximum atomic E-state index is 12.2. The van der Waals surface area contributed by atoms with Crippen LogP contribution in [0.5, 0.6) is 0 Å². The Kier molecular flexibility index (Phi) is 4.17. The van der Waals surface area contributed by atoms with Gasteiger partial charge in [0.05, 0.1) is 9.88 Å². The standard InChI is InChI=1S/C15H18N2OS2/c1-10(15-16-6-7-19-15)9-17-14(18)13-8-11-4-2-3-5-12(11)20-13/h6-8,10H,2-5,9H2,1H3,(H,17,18)/t10-/m1/s1. The van der Waals surface area contributed by atoms with Gasteiger partial charge < -0.3 is 5.32 Å². The van der Waals surface area contributed by atoms with Crippen LogP contribution in [0.2, 0.25) is 0 Å². The lowest BCUT2D eigenvalue weighted by molar-refractivity contribution is 0.0955. The van der Waals surface area contributed by atoms with Crippen molar-refractivity contribution in [3.05, 3.63) is 38.0 Å². The van der Waals surface area contributed by atoms with Crippen molar-refractivity contribution in [1.82, 2.24) is 10.3 Å². The number of hydrogen-bond acceptors (Lipinski definition) is 4. The van der Waals surface area contributed by atoms with Crippen LogP contribution in [0.1, 0.15) is 50.8 Å². The fraction of sp³-hybridized carbons (Fsp3) is 0.467. The first kappa shape index (κ1) is 13.8. The van der Waals surface area contributed by atoms with E-state index in [1.807, 2.05) is 11.6 Å². The van der Waals surface area contributed by atoms with Crippen molar-refractivity contribution in [1.29, 1.82) is 0 Å². The van der Waals surface area contributed by atoms with E-state index >= 15 is 0 Å². The van der Waals surface area contributed by atoms with Crippen LogP contribution >= 0.6 is 22.7 Å². The molecule has 106 valence electrons. The molecule has 0 saturated heterocycles. The minimum atomic E-state index is 0.0628. The largest absolute Gasteiger partial charge is 0.351 e. The van der Waals surface area contributed by atoms with Crippen LogP contribution < -0.4 is 5.32 Å². The van der Waals surface area contributed by atoms with E-state index in [4.69, 9.17) is 0 Å². The SMILES string of the molecule is C[C@H](CNC(=O)c1cc2c(s1)CCCC2)c1nccs1. The van der Waals surface area contributed by atoms with Crippen molar-refractivity contribution >= 4 is 28.6 Å². The highest BCUT2D eigenvalue weighted by Crippen LogP contribution is 2.29. The van der Waals surface area contributed by atoms with Crippen molar-refractivity contribution in [3.63, 3.8) is 0 Å². The monoisotopic (exact) mass is 306 g/mol. The number of aromatic nitrogens is 1. The van der Waals surface area contributed by atoms with Crippen LogP contribution in [0.4, 0.5) is 0 Å². The van der Waals surface area contributed by atoms with E-state index in [1.165, 1.54) is 23.3 Å². The molecule has 0 aliphatic heterocycles. The second-order valence-corrected chi connectivity index (χ2v) is 7.31. The number of thiophene rings is 1. The van der Waals surface area contributed by atoms with Crippen LogP contribution in [0.15, 0.2) is 17.6 Å². The van der Waals surface area contributed by atoms with Gasteiger partial charge in [0, 0.05) is 28.9 Å². The summed E-state index contributed by atoms with van der Waals surface area (Å²) in [4.78, 5) is 18.8. The van der Waals surface area contributed by atoms with Crippen LogP contribution in [0, 0.1) is 0 Å². The molecule has 3 nitrogen and oxygen atoms in total. The third-order valence-corrected chi connectivity index (χ3v) is 5.91. The van der Waals surface area contributed by atoms with Gasteiger partial charge >= 0.3 is 0 Å². The molecular weight excluding hydrogens is 288 g/mol. The van der Waals surface area contributed by atoms with Gasteiger partial charge in [-0.05, 0) is 37.3 Å². The molecule has 1 amide bonds. The Bertz CT molecular complexity index is 566. The number of hydrogen-bond donors (Lipinski definition) is 1. The van der Waals surface area contributed by atoms with Gasteiger partial charge in [-0.15, -0.1) is 22.7 Å². The highest BCUT2D eigenvalue weighted by atomic mass is 32.1. The quantitative estimate of drug-likeness (QED) is 0.937. The van der Waals surface area contributed by atoms with Crippen LogP contribution in [-0.4, -0.2) is 17.4 Å². The molecule has 1 aliphatic carbocycles. The lowest BCUT2D eigenvalue weighted by Crippen LogP contribution is -2.26. The van der Waals surface area contributed by atoms with Gasteiger partial charge in [-0.2, -0.15) is 0 Å². The summed E-state index contributed by atoms with van der Waals surface area (Å²) in [6.07, 6.45) is 6.60. The highest BCUT2D eigenvalue weighted by molar-refractivity contribution is 7.14. The first-order valence-electron chi connectivity index (χ1n) is 7.03. The smallest absolute Gasteiger partial charge is 0.261 e. The summed E-state index contributed by atoms with van der Waals surface area (Å²) in [7, 11) is 0. The molecule has 2 aromatic rings. The molecule has 5 heteroatoms. The number of rotatable bonds is 4. The molecule has 2 aromatic heterocycles. The maximum absolute atomic E-state index is 12.2. The van der Waals surface area contributed by atoms with Gasteiger partial charge in [0.2, 0.25) is 0 Å². The van der Waals surface area contributed by atoms with Crippen molar-refractivity contribution in [2.75, 3.05) is 6.54 Å². The van der Waals surface area contributed by atoms with Gasteiger partial charge in [0.15, 0.2) is 0 Å². The van der Waals surface area contributed by atoms with Gasteiger partial charge in [-0.3, -0.25) is 4.79 Å². The summed E-state index contributed by atoms with van der Waals surface area (Å²) < 4.78 is 0. The van der Waals surface area contributed by atoms with E-state index in [-0.39, 0.29) is 11.8 Å². The molecule has 1 atom stereocenters. The second kappa shape index (κ2) is 6.06. The molecule has 0 fully saturated rings. The van der Waals surface area contributed by atoms with Gasteiger partial charge in [-0.1, -0.05) is 6.92 Å². The molecule has 3 rings (SSSR count). The minimum absolute atomic E-state index is 0.0628. The Balaban J connectivity index is 1.60. The summed E-state index contributed by atoms with van der Waals surface area (Å²) in [5, 5.41) is 6.09. The van der Waals surface area contributed by atoms with Crippen LogP contribution in [0.25, 0.3) is 0 Å². The number of fused-ring (bicyclic) bond motifs is 1. The van der Waals surface area contributed by atoms with Gasteiger partial charge in [0.25, 0.3) is 5.91 Å². The Morgan fingerprint density at radius 1 is 1.45 bits per heavy atom. The lowest BCUT2D eigenvalue weighted by Gasteiger charge is -2.09.